The molecule has 1 aromatic heterocycles. The molecule has 0 bridgehead atoms. The Balaban J connectivity index is 0.000000293. The third-order valence-electron chi connectivity index (χ3n) is 1.85. The van der Waals surface area contributed by atoms with Crippen LogP contribution >= 0.6 is 0 Å². The fourth-order valence-corrected chi connectivity index (χ4v) is 1.23. The maximum Gasteiger partial charge on any atom is 0.123 e. The minimum absolute atomic E-state index is 0.180. The Bertz CT molecular complexity index is 429. The van der Waals surface area contributed by atoms with Crippen LogP contribution in [0.5, 0.6) is 0 Å². The number of aromatic amines is 1. The summed E-state index contributed by atoms with van der Waals surface area (Å²) in [6.07, 6.45) is 3.63. The Kier molecular flexibility index (Phi) is 3.46. The zero-order chi connectivity index (χ0) is 10.6. The maximum atomic E-state index is 12.7. The van der Waals surface area contributed by atoms with Gasteiger partial charge in [-0.25, -0.2) is 4.39 Å². The van der Waals surface area contributed by atoms with E-state index in [0.717, 1.165) is 16.5 Å². The number of nitrogens with one attached hydrogen (secondary N) is 1. The molecule has 0 aliphatic carbocycles. The Labute approximate surface area is 83.3 Å². The quantitative estimate of drug-likeness (QED) is 0.609. The van der Waals surface area contributed by atoms with Crippen LogP contribution in [0.25, 0.3) is 10.9 Å². The number of fused-ring (bicyclic) bond motifs is 1. The van der Waals surface area contributed by atoms with Crippen LogP contribution in [-0.2, 0) is 0 Å². The second-order valence-electron chi connectivity index (χ2n) is 3.07. The Morgan fingerprint density at radius 3 is 2.71 bits per heavy atom. The van der Waals surface area contributed by atoms with Crippen LogP contribution in [0.1, 0.15) is 12.5 Å². The average molecular weight is 191 g/mol. The van der Waals surface area contributed by atoms with E-state index in [-0.39, 0.29) is 5.82 Å². The summed E-state index contributed by atoms with van der Waals surface area (Å²) in [6.45, 7) is 7.21. The van der Waals surface area contributed by atoms with Gasteiger partial charge in [0.1, 0.15) is 5.82 Å². The number of hydrogen-bond acceptors (Lipinski definition) is 0. The first-order valence-electron chi connectivity index (χ1n) is 4.49. The third-order valence-corrected chi connectivity index (χ3v) is 1.85. The van der Waals surface area contributed by atoms with Crippen molar-refractivity contribution >= 4 is 10.9 Å². The van der Waals surface area contributed by atoms with E-state index in [4.69, 9.17) is 0 Å². The van der Waals surface area contributed by atoms with Crippen LogP contribution < -0.4 is 0 Å². The van der Waals surface area contributed by atoms with Gasteiger partial charge in [-0.2, -0.15) is 0 Å². The highest BCUT2D eigenvalue weighted by Crippen LogP contribution is 2.17. The molecule has 1 nitrogen and oxygen atoms in total. The van der Waals surface area contributed by atoms with Crippen molar-refractivity contribution in [3.63, 3.8) is 0 Å². The van der Waals surface area contributed by atoms with Crippen LogP contribution in [0, 0.1) is 12.7 Å². The van der Waals surface area contributed by atoms with E-state index in [1.54, 1.807) is 18.2 Å². The second-order valence-corrected chi connectivity index (χ2v) is 3.07. The molecule has 2 rings (SSSR count). The maximum absolute atomic E-state index is 12.7. The van der Waals surface area contributed by atoms with E-state index in [2.05, 4.69) is 11.6 Å². The van der Waals surface area contributed by atoms with Crippen molar-refractivity contribution in [1.29, 1.82) is 0 Å². The molecule has 1 heterocycles. The molecule has 14 heavy (non-hydrogen) atoms. The smallest absolute Gasteiger partial charge is 0.123 e. The van der Waals surface area contributed by atoms with Crippen molar-refractivity contribution < 1.29 is 4.39 Å². The van der Waals surface area contributed by atoms with Crippen molar-refractivity contribution in [2.75, 3.05) is 0 Å². The lowest BCUT2D eigenvalue weighted by molar-refractivity contribution is 0.629. The van der Waals surface area contributed by atoms with Crippen molar-refractivity contribution in [1.82, 2.24) is 4.98 Å². The standard InChI is InChI=1S/C9H8FN.C3H6/c1-6-5-11-9-3-2-7(10)4-8(6)9;1-3-2/h2-5,11H,1H3;3H,1H2,2H3. The fourth-order valence-electron chi connectivity index (χ4n) is 1.23. The van der Waals surface area contributed by atoms with E-state index in [0.29, 0.717) is 0 Å². The molecule has 0 saturated carbocycles. The summed E-state index contributed by atoms with van der Waals surface area (Å²) < 4.78 is 12.7. The van der Waals surface area contributed by atoms with Gasteiger partial charge in [-0.05, 0) is 37.6 Å². The number of halogens is 1. The second kappa shape index (κ2) is 4.61. The van der Waals surface area contributed by atoms with Gasteiger partial charge in [0.2, 0.25) is 0 Å². The lowest BCUT2D eigenvalue weighted by Gasteiger charge is -1.90. The number of benzene rings is 1. The zero-order valence-electron chi connectivity index (χ0n) is 8.47. The van der Waals surface area contributed by atoms with E-state index in [9.17, 15) is 4.39 Å². The first-order valence-corrected chi connectivity index (χ1v) is 4.49. The lowest BCUT2D eigenvalue weighted by Crippen LogP contribution is -1.73. The number of rotatable bonds is 0. The Morgan fingerprint density at radius 2 is 2.07 bits per heavy atom. The number of H-pyrrole nitrogens is 1. The summed E-state index contributed by atoms with van der Waals surface area (Å²) in [5.74, 6) is -0.180. The molecule has 2 aromatic rings. The molecule has 1 N–H and O–H groups in total. The number of hydrogen-bond donors (Lipinski definition) is 1. The zero-order valence-corrected chi connectivity index (χ0v) is 8.47. The molecule has 74 valence electrons. The minimum Gasteiger partial charge on any atom is -0.361 e. The molecule has 0 spiro atoms. The van der Waals surface area contributed by atoms with E-state index in [1.807, 2.05) is 20.0 Å². The van der Waals surface area contributed by atoms with Crippen molar-refractivity contribution in [3.05, 3.63) is 48.4 Å². The van der Waals surface area contributed by atoms with Gasteiger partial charge in [-0.3, -0.25) is 0 Å². The van der Waals surface area contributed by atoms with E-state index < -0.39 is 0 Å². The minimum atomic E-state index is -0.180. The van der Waals surface area contributed by atoms with Gasteiger partial charge in [-0.1, -0.05) is 6.08 Å². The predicted molar refractivity (Wildman–Crippen MR) is 58.9 cm³/mol. The van der Waals surface area contributed by atoms with Gasteiger partial charge in [-0.15, -0.1) is 6.58 Å². The molecule has 0 aliphatic heterocycles. The fraction of sp³-hybridized carbons (Fsp3) is 0.167. The largest absolute Gasteiger partial charge is 0.361 e. The average Bonchev–Trinajstić information content (AvgIpc) is 2.49. The number of aromatic nitrogens is 1. The summed E-state index contributed by atoms with van der Waals surface area (Å²) in [4.78, 5) is 3.05. The highest BCUT2D eigenvalue weighted by molar-refractivity contribution is 5.82. The monoisotopic (exact) mass is 191 g/mol. The Hall–Kier alpha value is -1.57. The number of aryl methyl sites for hydroxylation is 1. The van der Waals surface area contributed by atoms with Gasteiger partial charge in [0.25, 0.3) is 0 Å². The Morgan fingerprint density at radius 1 is 1.43 bits per heavy atom. The summed E-state index contributed by atoms with van der Waals surface area (Å²) >= 11 is 0. The molecule has 0 amide bonds. The topological polar surface area (TPSA) is 15.8 Å². The molecule has 0 atom stereocenters. The molecule has 0 unspecified atom stereocenters. The van der Waals surface area contributed by atoms with Crippen LogP contribution in [0.4, 0.5) is 4.39 Å². The van der Waals surface area contributed by atoms with Gasteiger partial charge >= 0.3 is 0 Å². The van der Waals surface area contributed by atoms with Crippen molar-refractivity contribution in [2.24, 2.45) is 0 Å². The van der Waals surface area contributed by atoms with Gasteiger partial charge < -0.3 is 4.98 Å². The van der Waals surface area contributed by atoms with Crippen LogP contribution in [-0.4, -0.2) is 4.98 Å². The summed E-state index contributed by atoms with van der Waals surface area (Å²) in [5.41, 5.74) is 2.07. The molecule has 0 fully saturated rings. The number of allylic oxidation sites excluding steroid dienone is 1. The molecule has 0 aliphatic rings. The summed E-state index contributed by atoms with van der Waals surface area (Å²) in [5, 5.41) is 0.963. The first-order chi connectivity index (χ1) is 6.69. The lowest BCUT2D eigenvalue weighted by atomic mass is 10.2. The molecule has 0 radical (unpaired) electrons. The van der Waals surface area contributed by atoms with Gasteiger partial charge in [0, 0.05) is 17.1 Å². The normalized spacial score (nSPS) is 9.36. The van der Waals surface area contributed by atoms with Gasteiger partial charge in [0.05, 0.1) is 0 Å². The van der Waals surface area contributed by atoms with E-state index in [1.165, 1.54) is 6.07 Å². The van der Waals surface area contributed by atoms with Crippen LogP contribution in [0.2, 0.25) is 0 Å². The third kappa shape index (κ3) is 2.22. The molecule has 1 aromatic carbocycles. The molecule has 0 saturated heterocycles. The van der Waals surface area contributed by atoms with E-state index >= 15 is 0 Å². The first kappa shape index (κ1) is 10.5. The SMILES string of the molecule is C=CC.Cc1c[nH]c2ccc(F)cc12. The van der Waals surface area contributed by atoms with Gasteiger partial charge in [0.15, 0.2) is 0 Å². The highest BCUT2D eigenvalue weighted by Gasteiger charge is 1.98. The molecular formula is C12H14FN. The van der Waals surface area contributed by atoms with Crippen molar-refractivity contribution in [2.45, 2.75) is 13.8 Å². The van der Waals surface area contributed by atoms with Crippen molar-refractivity contribution in [3.8, 4) is 0 Å². The molecular weight excluding hydrogens is 177 g/mol. The summed E-state index contributed by atoms with van der Waals surface area (Å²) in [7, 11) is 0. The predicted octanol–water partition coefficient (Wildman–Crippen LogP) is 3.81. The molecule has 2 heteroatoms. The van der Waals surface area contributed by atoms with Crippen LogP contribution in [0.15, 0.2) is 37.1 Å². The highest BCUT2D eigenvalue weighted by atomic mass is 19.1. The summed E-state index contributed by atoms with van der Waals surface area (Å²) in [6, 6.07) is 4.75. The van der Waals surface area contributed by atoms with Crippen LogP contribution in [0.3, 0.4) is 0 Å².